The summed E-state index contributed by atoms with van der Waals surface area (Å²) in [5.41, 5.74) is 4.14. The van der Waals surface area contributed by atoms with Crippen LogP contribution in [-0.2, 0) is 6.42 Å². The fraction of sp³-hybridized carbons (Fsp3) is 0.304. The van der Waals surface area contributed by atoms with Gasteiger partial charge in [-0.15, -0.1) is 0 Å². The minimum absolute atomic E-state index is 0.688. The number of hydrogen-bond acceptors (Lipinski definition) is 3. The molecule has 1 fully saturated rings. The maximum Gasteiger partial charge on any atom is 0.0991 e. The first-order valence-electron chi connectivity index (χ1n) is 9.36. The highest BCUT2D eigenvalue weighted by atomic mass is 15.2. The molecular weight excluding hydrogens is 318 g/mol. The van der Waals surface area contributed by atoms with Gasteiger partial charge in [-0.2, -0.15) is 5.26 Å². The molecule has 0 aliphatic carbocycles. The van der Waals surface area contributed by atoms with Crippen molar-refractivity contribution >= 4 is 10.8 Å². The summed E-state index contributed by atoms with van der Waals surface area (Å²) in [6.45, 7) is 4.65. The molecular formula is C23H23N3. The van der Waals surface area contributed by atoms with Crippen molar-refractivity contribution in [3.05, 3.63) is 66.0 Å². The van der Waals surface area contributed by atoms with Gasteiger partial charge in [-0.3, -0.25) is 4.98 Å². The van der Waals surface area contributed by atoms with Gasteiger partial charge in [-0.1, -0.05) is 24.3 Å². The molecule has 0 radical (unpaired) electrons. The zero-order chi connectivity index (χ0) is 17.9. The third kappa shape index (κ3) is 3.47. The Balaban J connectivity index is 1.53. The predicted molar refractivity (Wildman–Crippen MR) is 106 cm³/mol. The van der Waals surface area contributed by atoms with Gasteiger partial charge in [0.25, 0.3) is 0 Å². The first-order chi connectivity index (χ1) is 12.7. The average molecular weight is 341 g/mol. The molecule has 0 spiro atoms. The van der Waals surface area contributed by atoms with Crippen LogP contribution in [0.2, 0.25) is 0 Å². The molecule has 3 heteroatoms. The van der Waals surface area contributed by atoms with E-state index in [1.165, 1.54) is 30.5 Å². The molecule has 1 aromatic heterocycles. The summed E-state index contributed by atoms with van der Waals surface area (Å²) >= 11 is 0. The van der Waals surface area contributed by atoms with Crippen LogP contribution in [0.4, 0.5) is 0 Å². The van der Waals surface area contributed by atoms with Crippen molar-refractivity contribution in [2.24, 2.45) is 0 Å². The summed E-state index contributed by atoms with van der Waals surface area (Å²) < 4.78 is 0. The van der Waals surface area contributed by atoms with Crippen molar-refractivity contribution in [3.8, 4) is 17.2 Å². The monoisotopic (exact) mass is 341 g/mol. The van der Waals surface area contributed by atoms with Crippen molar-refractivity contribution in [1.29, 1.82) is 5.26 Å². The average Bonchev–Trinajstić information content (AvgIpc) is 3.10. The number of likely N-dealkylation sites (tertiary alicyclic amines) is 1. The van der Waals surface area contributed by atoms with E-state index in [2.05, 4.69) is 47.1 Å². The van der Waals surface area contributed by atoms with Crippen LogP contribution in [0.25, 0.3) is 21.9 Å². The van der Waals surface area contributed by atoms with Crippen molar-refractivity contribution < 1.29 is 0 Å². The van der Waals surface area contributed by atoms with Gasteiger partial charge >= 0.3 is 0 Å². The summed E-state index contributed by atoms with van der Waals surface area (Å²) in [5, 5.41) is 11.3. The SMILES string of the molecule is C[C@@H]1CCCN1CCc1cc2ccc(-c3ccc(C#N)cc3)cc2cn1. The van der Waals surface area contributed by atoms with Crippen LogP contribution in [-0.4, -0.2) is 29.0 Å². The normalized spacial score (nSPS) is 17.5. The van der Waals surface area contributed by atoms with E-state index in [9.17, 15) is 0 Å². The molecule has 3 nitrogen and oxygen atoms in total. The summed E-state index contributed by atoms with van der Waals surface area (Å²) in [7, 11) is 0. The topological polar surface area (TPSA) is 39.9 Å². The zero-order valence-electron chi connectivity index (χ0n) is 15.2. The minimum atomic E-state index is 0.688. The Labute approximate surface area is 154 Å². The minimum Gasteiger partial charge on any atom is -0.300 e. The Kier molecular flexibility index (Phi) is 4.69. The molecule has 26 heavy (non-hydrogen) atoms. The number of pyridine rings is 1. The molecule has 3 aromatic rings. The Bertz CT molecular complexity index is 953. The lowest BCUT2D eigenvalue weighted by molar-refractivity contribution is 0.271. The van der Waals surface area contributed by atoms with Gasteiger partial charge in [0.15, 0.2) is 0 Å². The molecule has 1 aliphatic rings. The fourth-order valence-corrected chi connectivity index (χ4v) is 3.82. The highest BCUT2D eigenvalue weighted by Crippen LogP contribution is 2.25. The maximum absolute atomic E-state index is 8.93. The number of hydrogen-bond donors (Lipinski definition) is 0. The van der Waals surface area contributed by atoms with Gasteiger partial charge in [-0.05, 0) is 67.1 Å². The second-order valence-corrected chi connectivity index (χ2v) is 7.20. The van der Waals surface area contributed by atoms with E-state index < -0.39 is 0 Å². The number of aromatic nitrogens is 1. The van der Waals surface area contributed by atoms with Gasteiger partial charge in [-0.25, -0.2) is 0 Å². The quantitative estimate of drug-likeness (QED) is 0.684. The van der Waals surface area contributed by atoms with Crippen LogP contribution in [0.3, 0.4) is 0 Å². The molecule has 0 saturated carbocycles. The molecule has 1 atom stereocenters. The number of nitriles is 1. The van der Waals surface area contributed by atoms with Crippen molar-refractivity contribution in [2.75, 3.05) is 13.1 Å². The third-order valence-electron chi connectivity index (χ3n) is 5.47. The Morgan fingerprint density at radius 2 is 1.88 bits per heavy atom. The van der Waals surface area contributed by atoms with Gasteiger partial charge in [0, 0.05) is 36.3 Å². The van der Waals surface area contributed by atoms with Crippen LogP contribution in [0.15, 0.2) is 54.7 Å². The van der Waals surface area contributed by atoms with Crippen LogP contribution >= 0.6 is 0 Å². The molecule has 0 bridgehead atoms. The summed E-state index contributed by atoms with van der Waals surface area (Å²) in [6, 6.07) is 19.3. The zero-order valence-corrected chi connectivity index (χ0v) is 15.2. The lowest BCUT2D eigenvalue weighted by Crippen LogP contribution is -2.29. The fourth-order valence-electron chi connectivity index (χ4n) is 3.82. The van der Waals surface area contributed by atoms with Crippen molar-refractivity contribution in [1.82, 2.24) is 9.88 Å². The molecule has 0 amide bonds. The number of rotatable bonds is 4. The van der Waals surface area contributed by atoms with E-state index in [1.54, 1.807) is 0 Å². The lowest BCUT2D eigenvalue weighted by Gasteiger charge is -2.20. The van der Waals surface area contributed by atoms with E-state index in [0.717, 1.165) is 29.5 Å². The van der Waals surface area contributed by atoms with Gasteiger partial charge in [0.2, 0.25) is 0 Å². The highest BCUT2D eigenvalue weighted by Gasteiger charge is 2.19. The van der Waals surface area contributed by atoms with E-state index in [1.807, 2.05) is 30.5 Å². The van der Waals surface area contributed by atoms with Crippen molar-refractivity contribution in [3.63, 3.8) is 0 Å². The van der Waals surface area contributed by atoms with Crippen LogP contribution < -0.4 is 0 Å². The van der Waals surface area contributed by atoms with Gasteiger partial charge in [0.05, 0.1) is 11.6 Å². The van der Waals surface area contributed by atoms with Gasteiger partial charge < -0.3 is 4.90 Å². The number of benzene rings is 2. The van der Waals surface area contributed by atoms with Gasteiger partial charge in [0.1, 0.15) is 0 Å². The van der Waals surface area contributed by atoms with E-state index in [-0.39, 0.29) is 0 Å². The van der Waals surface area contributed by atoms with E-state index >= 15 is 0 Å². The molecule has 1 aliphatic heterocycles. The highest BCUT2D eigenvalue weighted by molar-refractivity contribution is 5.87. The summed E-state index contributed by atoms with van der Waals surface area (Å²) in [5.74, 6) is 0. The Hall–Kier alpha value is -2.70. The molecule has 130 valence electrons. The number of fused-ring (bicyclic) bond motifs is 1. The third-order valence-corrected chi connectivity index (χ3v) is 5.47. The molecule has 0 N–H and O–H groups in total. The maximum atomic E-state index is 8.93. The predicted octanol–water partition coefficient (Wildman–Crippen LogP) is 4.80. The van der Waals surface area contributed by atoms with Crippen LogP contribution in [0.1, 0.15) is 31.0 Å². The molecule has 2 aromatic carbocycles. The molecule has 2 heterocycles. The molecule has 1 saturated heterocycles. The van der Waals surface area contributed by atoms with E-state index in [4.69, 9.17) is 5.26 Å². The lowest BCUT2D eigenvalue weighted by atomic mass is 10.0. The first-order valence-corrected chi connectivity index (χ1v) is 9.36. The first kappa shape index (κ1) is 16.8. The Morgan fingerprint density at radius 1 is 1.08 bits per heavy atom. The van der Waals surface area contributed by atoms with E-state index in [0.29, 0.717) is 11.6 Å². The summed E-state index contributed by atoms with van der Waals surface area (Å²) in [6.07, 6.45) is 5.65. The second-order valence-electron chi connectivity index (χ2n) is 7.20. The summed E-state index contributed by atoms with van der Waals surface area (Å²) in [4.78, 5) is 7.25. The smallest absolute Gasteiger partial charge is 0.0991 e. The second kappa shape index (κ2) is 7.27. The number of nitrogens with zero attached hydrogens (tertiary/aromatic N) is 3. The van der Waals surface area contributed by atoms with Crippen molar-refractivity contribution in [2.45, 2.75) is 32.2 Å². The molecule has 4 rings (SSSR count). The Morgan fingerprint density at radius 3 is 2.62 bits per heavy atom. The van der Waals surface area contributed by atoms with Crippen LogP contribution in [0.5, 0.6) is 0 Å². The standard InChI is InChI=1S/C23H23N3/c1-17-3-2-11-26(17)12-10-23-14-21-9-8-20(13-22(21)16-25-23)19-6-4-18(15-24)5-7-19/h4-9,13-14,16-17H,2-3,10-12H2,1H3/t17-/m1/s1. The van der Waals surface area contributed by atoms with Crippen LogP contribution in [0, 0.1) is 11.3 Å². The largest absolute Gasteiger partial charge is 0.300 e. The molecule has 0 unspecified atom stereocenters.